The van der Waals surface area contributed by atoms with E-state index in [2.05, 4.69) is 17.4 Å². The molecule has 2 unspecified atom stereocenters. The minimum atomic E-state index is 0.301. The summed E-state index contributed by atoms with van der Waals surface area (Å²) >= 11 is 0. The Morgan fingerprint density at radius 2 is 2.11 bits per heavy atom. The normalized spacial score (nSPS) is 23.9. The van der Waals surface area contributed by atoms with E-state index in [1.165, 1.54) is 31.2 Å². The number of ether oxygens (including phenoxy) is 1. The Morgan fingerprint density at radius 3 is 2.89 bits per heavy atom. The lowest BCUT2D eigenvalue weighted by Gasteiger charge is -2.24. The molecular formula is C16H25NO2. The molecule has 1 fully saturated rings. The van der Waals surface area contributed by atoms with Gasteiger partial charge in [-0.1, -0.05) is 31.4 Å². The molecule has 0 bridgehead atoms. The number of nitrogens with one attached hydrogen (secondary N) is 1. The van der Waals surface area contributed by atoms with Crippen molar-refractivity contribution in [3.63, 3.8) is 0 Å². The first kappa shape index (κ1) is 14.4. The molecule has 0 aromatic heterocycles. The summed E-state index contributed by atoms with van der Waals surface area (Å²) in [5.74, 6) is 1.31. The Kier molecular flexibility index (Phi) is 5.67. The van der Waals surface area contributed by atoms with Crippen LogP contribution < -0.4 is 10.1 Å². The second kappa shape index (κ2) is 7.51. The van der Waals surface area contributed by atoms with Crippen LogP contribution in [0.3, 0.4) is 0 Å². The lowest BCUT2D eigenvalue weighted by atomic mass is 9.95. The number of hydrogen-bond donors (Lipinski definition) is 2. The predicted molar refractivity (Wildman–Crippen MR) is 77.3 cm³/mol. The van der Waals surface area contributed by atoms with E-state index >= 15 is 0 Å². The summed E-state index contributed by atoms with van der Waals surface area (Å²) in [6.07, 6.45) is 6.14. The van der Waals surface area contributed by atoms with Crippen molar-refractivity contribution in [2.45, 2.75) is 44.7 Å². The molecule has 0 aliphatic heterocycles. The summed E-state index contributed by atoms with van der Waals surface area (Å²) < 4.78 is 5.24. The van der Waals surface area contributed by atoms with E-state index in [4.69, 9.17) is 4.74 Å². The minimum absolute atomic E-state index is 0.301. The van der Waals surface area contributed by atoms with Crippen LogP contribution in [0.15, 0.2) is 24.3 Å². The van der Waals surface area contributed by atoms with Crippen LogP contribution in [-0.4, -0.2) is 24.9 Å². The average molecular weight is 263 g/mol. The summed E-state index contributed by atoms with van der Waals surface area (Å²) in [6, 6.07) is 8.61. The number of rotatable bonds is 5. The smallest absolute Gasteiger partial charge is 0.119 e. The molecule has 0 spiro atoms. The van der Waals surface area contributed by atoms with E-state index in [9.17, 15) is 5.11 Å². The summed E-state index contributed by atoms with van der Waals surface area (Å²) in [5, 5.41) is 13.1. The third-order valence-electron chi connectivity index (χ3n) is 4.10. The standard InChI is InChI=1S/C16H25NO2/c1-19-15-8-5-6-13(10-15)11-17-16-9-4-2-3-7-14(16)12-18/h5-6,8,10,14,16-18H,2-4,7,9,11-12H2,1H3. The van der Waals surface area contributed by atoms with Crippen molar-refractivity contribution in [3.05, 3.63) is 29.8 Å². The Bertz CT molecular complexity index is 381. The Hall–Kier alpha value is -1.06. The second-order valence-electron chi connectivity index (χ2n) is 5.42. The van der Waals surface area contributed by atoms with Crippen molar-refractivity contribution in [3.8, 4) is 5.75 Å². The van der Waals surface area contributed by atoms with Gasteiger partial charge < -0.3 is 15.2 Å². The van der Waals surface area contributed by atoms with Crippen LogP contribution >= 0.6 is 0 Å². The maximum Gasteiger partial charge on any atom is 0.119 e. The number of aliphatic hydroxyl groups is 1. The Morgan fingerprint density at radius 1 is 1.26 bits per heavy atom. The third kappa shape index (κ3) is 4.22. The van der Waals surface area contributed by atoms with Crippen molar-refractivity contribution in [2.75, 3.05) is 13.7 Å². The van der Waals surface area contributed by atoms with Gasteiger partial charge in [-0.15, -0.1) is 0 Å². The van der Waals surface area contributed by atoms with Crippen molar-refractivity contribution in [1.29, 1.82) is 0 Å². The Labute approximate surface area is 116 Å². The van der Waals surface area contributed by atoms with Crippen LogP contribution in [0.25, 0.3) is 0 Å². The summed E-state index contributed by atoms with van der Waals surface area (Å²) in [4.78, 5) is 0. The highest BCUT2D eigenvalue weighted by molar-refractivity contribution is 5.28. The Balaban J connectivity index is 1.91. The third-order valence-corrected chi connectivity index (χ3v) is 4.10. The quantitative estimate of drug-likeness (QED) is 0.803. The van der Waals surface area contributed by atoms with Gasteiger partial charge in [0.1, 0.15) is 5.75 Å². The van der Waals surface area contributed by atoms with Crippen LogP contribution in [0.2, 0.25) is 0 Å². The van der Waals surface area contributed by atoms with Crippen molar-refractivity contribution < 1.29 is 9.84 Å². The molecule has 0 amide bonds. The number of aliphatic hydroxyl groups excluding tert-OH is 1. The average Bonchev–Trinajstić information content (AvgIpc) is 2.70. The molecule has 0 radical (unpaired) electrons. The van der Waals surface area contributed by atoms with E-state index < -0.39 is 0 Å². The fourth-order valence-electron chi connectivity index (χ4n) is 2.90. The molecule has 1 saturated carbocycles. The molecule has 1 aromatic carbocycles. The first-order chi connectivity index (χ1) is 9.33. The minimum Gasteiger partial charge on any atom is -0.497 e. The van der Waals surface area contributed by atoms with Gasteiger partial charge in [-0.2, -0.15) is 0 Å². The van der Waals surface area contributed by atoms with Crippen LogP contribution in [-0.2, 0) is 6.54 Å². The zero-order valence-corrected chi connectivity index (χ0v) is 11.8. The van der Waals surface area contributed by atoms with Gasteiger partial charge in [0.05, 0.1) is 7.11 Å². The molecule has 2 atom stereocenters. The molecule has 1 aromatic rings. The zero-order chi connectivity index (χ0) is 13.5. The number of hydrogen-bond acceptors (Lipinski definition) is 3. The molecular weight excluding hydrogens is 238 g/mol. The number of methoxy groups -OCH3 is 1. The zero-order valence-electron chi connectivity index (χ0n) is 11.8. The summed E-state index contributed by atoms with van der Waals surface area (Å²) in [7, 11) is 1.69. The van der Waals surface area contributed by atoms with Crippen LogP contribution in [0.5, 0.6) is 5.75 Å². The van der Waals surface area contributed by atoms with Crippen molar-refractivity contribution in [2.24, 2.45) is 5.92 Å². The number of benzene rings is 1. The summed E-state index contributed by atoms with van der Waals surface area (Å²) in [6.45, 7) is 1.15. The molecule has 0 saturated heterocycles. The predicted octanol–water partition coefficient (Wildman–Crippen LogP) is 2.73. The van der Waals surface area contributed by atoms with E-state index in [0.29, 0.717) is 18.6 Å². The molecule has 1 aliphatic rings. The van der Waals surface area contributed by atoms with Gasteiger partial charge >= 0.3 is 0 Å². The molecule has 1 aliphatic carbocycles. The largest absolute Gasteiger partial charge is 0.497 e. The van der Waals surface area contributed by atoms with Gasteiger partial charge in [0.15, 0.2) is 0 Å². The monoisotopic (exact) mass is 263 g/mol. The highest BCUT2D eigenvalue weighted by Crippen LogP contribution is 2.23. The van der Waals surface area contributed by atoms with E-state index in [-0.39, 0.29) is 0 Å². The van der Waals surface area contributed by atoms with Gasteiger partial charge in [0, 0.05) is 19.2 Å². The van der Waals surface area contributed by atoms with Gasteiger partial charge in [0.2, 0.25) is 0 Å². The molecule has 3 heteroatoms. The summed E-state index contributed by atoms with van der Waals surface area (Å²) in [5.41, 5.74) is 1.24. The maximum absolute atomic E-state index is 9.51. The highest BCUT2D eigenvalue weighted by atomic mass is 16.5. The maximum atomic E-state index is 9.51. The first-order valence-corrected chi connectivity index (χ1v) is 7.30. The molecule has 0 heterocycles. The van der Waals surface area contributed by atoms with E-state index in [1.807, 2.05) is 12.1 Å². The van der Waals surface area contributed by atoms with Crippen LogP contribution in [0.1, 0.15) is 37.7 Å². The van der Waals surface area contributed by atoms with E-state index in [0.717, 1.165) is 18.7 Å². The van der Waals surface area contributed by atoms with Crippen LogP contribution in [0, 0.1) is 5.92 Å². The highest BCUT2D eigenvalue weighted by Gasteiger charge is 2.22. The molecule has 106 valence electrons. The fourth-order valence-corrected chi connectivity index (χ4v) is 2.90. The van der Waals surface area contributed by atoms with Crippen molar-refractivity contribution in [1.82, 2.24) is 5.32 Å². The topological polar surface area (TPSA) is 41.5 Å². The molecule has 3 nitrogen and oxygen atoms in total. The second-order valence-corrected chi connectivity index (χ2v) is 5.42. The molecule has 19 heavy (non-hydrogen) atoms. The lowest BCUT2D eigenvalue weighted by molar-refractivity contribution is 0.181. The van der Waals surface area contributed by atoms with Gasteiger partial charge in [0.25, 0.3) is 0 Å². The van der Waals surface area contributed by atoms with Crippen molar-refractivity contribution >= 4 is 0 Å². The fraction of sp³-hybridized carbons (Fsp3) is 0.625. The lowest BCUT2D eigenvalue weighted by Crippen LogP contribution is -2.36. The van der Waals surface area contributed by atoms with Crippen LogP contribution in [0.4, 0.5) is 0 Å². The van der Waals surface area contributed by atoms with E-state index in [1.54, 1.807) is 7.11 Å². The van der Waals surface area contributed by atoms with Gasteiger partial charge in [-0.25, -0.2) is 0 Å². The SMILES string of the molecule is COc1cccc(CNC2CCCCCC2CO)c1. The molecule has 2 N–H and O–H groups in total. The molecule has 2 rings (SSSR count). The van der Waals surface area contributed by atoms with Gasteiger partial charge in [-0.05, 0) is 36.5 Å². The van der Waals surface area contributed by atoms with Gasteiger partial charge in [-0.3, -0.25) is 0 Å². The first-order valence-electron chi connectivity index (χ1n) is 7.30.